The number of hydrogen-bond donors (Lipinski definition) is 0. The van der Waals surface area contributed by atoms with Crippen LogP contribution >= 0.6 is 11.6 Å². The minimum absolute atomic E-state index is 0.163. The Labute approximate surface area is 95.1 Å². The molecular formula is C13H14ClN. The Balaban J connectivity index is 2.68. The van der Waals surface area contributed by atoms with Crippen molar-refractivity contribution in [2.24, 2.45) is 0 Å². The van der Waals surface area contributed by atoms with E-state index in [2.05, 4.69) is 44.0 Å². The lowest BCUT2D eigenvalue weighted by molar-refractivity contribution is 0.591. The Morgan fingerprint density at radius 3 is 2.53 bits per heavy atom. The van der Waals surface area contributed by atoms with Crippen LogP contribution in [0.1, 0.15) is 26.3 Å². The first-order valence-electron chi connectivity index (χ1n) is 5.02. The number of rotatable bonds is 0. The number of pyridine rings is 1. The molecule has 0 aliphatic carbocycles. The molecule has 0 spiro atoms. The molecule has 0 bridgehead atoms. The summed E-state index contributed by atoms with van der Waals surface area (Å²) in [6.07, 6.45) is 3.54. The van der Waals surface area contributed by atoms with E-state index in [0.29, 0.717) is 5.02 Å². The average molecular weight is 220 g/mol. The highest BCUT2D eigenvalue weighted by atomic mass is 35.5. The smallest absolute Gasteiger partial charge is 0.0667 e. The monoisotopic (exact) mass is 219 g/mol. The van der Waals surface area contributed by atoms with Gasteiger partial charge in [0.2, 0.25) is 0 Å². The van der Waals surface area contributed by atoms with Crippen LogP contribution in [0.5, 0.6) is 0 Å². The van der Waals surface area contributed by atoms with Crippen LogP contribution in [0.4, 0.5) is 0 Å². The summed E-state index contributed by atoms with van der Waals surface area (Å²) >= 11 is 6.06. The highest BCUT2D eigenvalue weighted by Crippen LogP contribution is 2.28. The number of aromatic nitrogens is 1. The number of nitrogens with zero attached hydrogens (tertiary/aromatic N) is 1. The molecule has 0 saturated carbocycles. The summed E-state index contributed by atoms with van der Waals surface area (Å²) < 4.78 is 0. The van der Waals surface area contributed by atoms with Gasteiger partial charge in [0.25, 0.3) is 0 Å². The molecule has 2 aromatic rings. The molecule has 15 heavy (non-hydrogen) atoms. The zero-order chi connectivity index (χ0) is 11.1. The number of halogens is 1. The van der Waals surface area contributed by atoms with Crippen molar-refractivity contribution in [1.29, 1.82) is 0 Å². The molecule has 1 heterocycles. The molecule has 2 rings (SSSR count). The Bertz CT molecular complexity index is 497. The lowest BCUT2D eigenvalue weighted by atomic mass is 9.86. The lowest BCUT2D eigenvalue weighted by Crippen LogP contribution is -2.10. The van der Waals surface area contributed by atoms with Crippen LogP contribution in [0.25, 0.3) is 10.8 Å². The molecular weight excluding hydrogens is 206 g/mol. The van der Waals surface area contributed by atoms with Gasteiger partial charge in [-0.15, -0.1) is 0 Å². The van der Waals surface area contributed by atoms with Crippen molar-refractivity contribution in [3.8, 4) is 0 Å². The highest BCUT2D eigenvalue weighted by Gasteiger charge is 2.13. The molecule has 0 aliphatic rings. The van der Waals surface area contributed by atoms with Gasteiger partial charge in [-0.05, 0) is 17.0 Å². The predicted octanol–water partition coefficient (Wildman–Crippen LogP) is 4.19. The van der Waals surface area contributed by atoms with Gasteiger partial charge in [-0.3, -0.25) is 4.98 Å². The van der Waals surface area contributed by atoms with E-state index in [0.717, 1.165) is 10.8 Å². The van der Waals surface area contributed by atoms with Crippen molar-refractivity contribution < 1.29 is 0 Å². The average Bonchev–Trinajstić information content (AvgIpc) is 2.16. The van der Waals surface area contributed by atoms with E-state index in [1.165, 1.54) is 5.56 Å². The van der Waals surface area contributed by atoms with Crippen molar-refractivity contribution in [3.05, 3.63) is 41.2 Å². The molecule has 0 amide bonds. The van der Waals surface area contributed by atoms with Gasteiger partial charge in [-0.25, -0.2) is 0 Å². The molecule has 1 aromatic heterocycles. The Morgan fingerprint density at radius 2 is 1.87 bits per heavy atom. The first kappa shape index (κ1) is 10.4. The van der Waals surface area contributed by atoms with Crippen LogP contribution in [0, 0.1) is 0 Å². The van der Waals surface area contributed by atoms with Gasteiger partial charge in [-0.2, -0.15) is 0 Å². The summed E-state index contributed by atoms with van der Waals surface area (Å²) in [4.78, 5) is 4.10. The van der Waals surface area contributed by atoms with Crippen molar-refractivity contribution in [2.45, 2.75) is 26.2 Å². The zero-order valence-electron chi connectivity index (χ0n) is 9.21. The van der Waals surface area contributed by atoms with Gasteiger partial charge < -0.3 is 0 Å². The number of hydrogen-bond acceptors (Lipinski definition) is 1. The molecule has 0 unspecified atom stereocenters. The SMILES string of the molecule is CC(C)(C)c1ccc2c(Cl)cncc2c1. The molecule has 2 heteroatoms. The van der Waals surface area contributed by atoms with E-state index >= 15 is 0 Å². The Hall–Kier alpha value is -1.08. The second kappa shape index (κ2) is 3.49. The van der Waals surface area contributed by atoms with Gasteiger partial charge in [0.15, 0.2) is 0 Å². The minimum Gasteiger partial charge on any atom is -0.263 e. The largest absolute Gasteiger partial charge is 0.263 e. The highest BCUT2D eigenvalue weighted by molar-refractivity contribution is 6.35. The van der Waals surface area contributed by atoms with Gasteiger partial charge in [0, 0.05) is 23.2 Å². The van der Waals surface area contributed by atoms with Crippen LogP contribution in [-0.2, 0) is 5.41 Å². The molecule has 0 N–H and O–H groups in total. The van der Waals surface area contributed by atoms with E-state index in [1.807, 2.05) is 6.20 Å². The van der Waals surface area contributed by atoms with Gasteiger partial charge in [-0.1, -0.05) is 44.5 Å². The summed E-state index contributed by atoms with van der Waals surface area (Å²) in [6, 6.07) is 6.36. The van der Waals surface area contributed by atoms with Crippen LogP contribution in [0.15, 0.2) is 30.6 Å². The maximum absolute atomic E-state index is 6.06. The Kier molecular flexibility index (Phi) is 2.43. The quantitative estimate of drug-likeness (QED) is 0.648. The van der Waals surface area contributed by atoms with E-state index in [4.69, 9.17) is 11.6 Å². The first-order valence-corrected chi connectivity index (χ1v) is 5.40. The standard InChI is InChI=1S/C13H14ClN/c1-13(2,3)10-4-5-11-9(6-10)7-15-8-12(11)14/h4-8H,1-3H3. The summed E-state index contributed by atoms with van der Waals surface area (Å²) in [6.45, 7) is 6.60. The van der Waals surface area contributed by atoms with Crippen molar-refractivity contribution >= 4 is 22.4 Å². The summed E-state index contributed by atoms with van der Waals surface area (Å²) in [5.41, 5.74) is 1.47. The van der Waals surface area contributed by atoms with Crippen molar-refractivity contribution in [1.82, 2.24) is 4.98 Å². The number of fused-ring (bicyclic) bond motifs is 1. The molecule has 0 radical (unpaired) electrons. The number of benzene rings is 1. The van der Waals surface area contributed by atoms with Crippen LogP contribution in [-0.4, -0.2) is 4.98 Å². The fourth-order valence-corrected chi connectivity index (χ4v) is 1.83. The maximum atomic E-state index is 6.06. The predicted molar refractivity (Wildman–Crippen MR) is 65.5 cm³/mol. The lowest BCUT2D eigenvalue weighted by Gasteiger charge is -2.19. The third-order valence-corrected chi connectivity index (χ3v) is 2.88. The molecule has 78 valence electrons. The third-order valence-electron chi connectivity index (χ3n) is 2.58. The normalized spacial score (nSPS) is 12.0. The summed E-state index contributed by atoms with van der Waals surface area (Å²) in [7, 11) is 0. The van der Waals surface area contributed by atoms with E-state index in [9.17, 15) is 0 Å². The van der Waals surface area contributed by atoms with E-state index in [1.54, 1.807) is 6.20 Å². The molecule has 1 aromatic carbocycles. The molecule has 0 aliphatic heterocycles. The molecule has 1 nitrogen and oxygen atoms in total. The van der Waals surface area contributed by atoms with E-state index < -0.39 is 0 Å². The summed E-state index contributed by atoms with van der Waals surface area (Å²) in [5, 5.41) is 2.89. The van der Waals surface area contributed by atoms with Gasteiger partial charge in [0.1, 0.15) is 0 Å². The topological polar surface area (TPSA) is 12.9 Å². The zero-order valence-corrected chi connectivity index (χ0v) is 9.97. The van der Waals surface area contributed by atoms with Gasteiger partial charge in [0.05, 0.1) is 5.02 Å². The summed E-state index contributed by atoms with van der Waals surface area (Å²) in [5.74, 6) is 0. The minimum atomic E-state index is 0.163. The second-order valence-electron chi connectivity index (χ2n) is 4.81. The van der Waals surface area contributed by atoms with Crippen LogP contribution < -0.4 is 0 Å². The Morgan fingerprint density at radius 1 is 1.13 bits per heavy atom. The second-order valence-corrected chi connectivity index (χ2v) is 5.21. The van der Waals surface area contributed by atoms with Crippen LogP contribution in [0.3, 0.4) is 0 Å². The fourth-order valence-electron chi connectivity index (χ4n) is 1.61. The fraction of sp³-hybridized carbons (Fsp3) is 0.308. The molecule has 0 saturated heterocycles. The van der Waals surface area contributed by atoms with Gasteiger partial charge >= 0.3 is 0 Å². The van der Waals surface area contributed by atoms with Crippen molar-refractivity contribution in [3.63, 3.8) is 0 Å². The third kappa shape index (κ3) is 1.98. The molecule has 0 fully saturated rings. The maximum Gasteiger partial charge on any atom is 0.0667 e. The van der Waals surface area contributed by atoms with E-state index in [-0.39, 0.29) is 5.41 Å². The van der Waals surface area contributed by atoms with Crippen LogP contribution in [0.2, 0.25) is 5.02 Å². The first-order chi connectivity index (χ1) is 6.98. The molecule has 0 atom stereocenters. The van der Waals surface area contributed by atoms with Crippen molar-refractivity contribution in [2.75, 3.05) is 0 Å².